The number of aromatic nitrogens is 2. The highest BCUT2D eigenvalue weighted by Crippen LogP contribution is 2.27. The summed E-state index contributed by atoms with van der Waals surface area (Å²) in [5.74, 6) is 0.961. The smallest absolute Gasteiger partial charge is 0.141 e. The molecule has 0 atom stereocenters. The average Bonchev–Trinajstić information content (AvgIpc) is 2.76. The van der Waals surface area contributed by atoms with Crippen LogP contribution in [0.5, 0.6) is 0 Å². The fourth-order valence-electron chi connectivity index (χ4n) is 2.32. The Hall–Kier alpha value is -1.81. The molecule has 3 rings (SSSR count). The molecule has 96 valence electrons. The molecule has 0 radical (unpaired) electrons. The molecule has 4 heteroatoms. The largest absolute Gasteiger partial charge is 0.399 e. The van der Waals surface area contributed by atoms with Gasteiger partial charge in [-0.1, -0.05) is 28.1 Å². The number of fused-ring (bicyclic) bond motifs is 1. The van der Waals surface area contributed by atoms with Crippen LogP contribution in [0, 0.1) is 0 Å². The van der Waals surface area contributed by atoms with E-state index in [4.69, 9.17) is 10.7 Å². The summed E-state index contributed by atoms with van der Waals surface area (Å²) in [4.78, 5) is 4.73. The zero-order valence-electron chi connectivity index (χ0n) is 10.6. The first-order valence-corrected chi connectivity index (χ1v) is 7.00. The van der Waals surface area contributed by atoms with Crippen LogP contribution in [0.15, 0.2) is 46.9 Å². The van der Waals surface area contributed by atoms with Crippen LogP contribution in [0.4, 0.5) is 5.69 Å². The average molecular weight is 316 g/mol. The number of imidazole rings is 1. The van der Waals surface area contributed by atoms with Crippen LogP contribution in [0.25, 0.3) is 22.4 Å². The summed E-state index contributed by atoms with van der Waals surface area (Å²) in [6, 6.07) is 14.0. The fraction of sp³-hybridized carbons (Fsp3) is 0.133. The maximum atomic E-state index is 5.86. The van der Waals surface area contributed by atoms with Crippen molar-refractivity contribution in [3.63, 3.8) is 0 Å². The zero-order chi connectivity index (χ0) is 13.4. The summed E-state index contributed by atoms with van der Waals surface area (Å²) >= 11 is 3.49. The molecule has 0 aliphatic heterocycles. The minimum absolute atomic E-state index is 0.758. The summed E-state index contributed by atoms with van der Waals surface area (Å²) in [5, 5.41) is 0. The van der Waals surface area contributed by atoms with E-state index >= 15 is 0 Å². The van der Waals surface area contributed by atoms with Gasteiger partial charge in [0.1, 0.15) is 5.82 Å². The third-order valence-electron chi connectivity index (χ3n) is 3.17. The van der Waals surface area contributed by atoms with Crippen molar-refractivity contribution in [1.29, 1.82) is 0 Å². The Morgan fingerprint density at radius 3 is 2.79 bits per heavy atom. The summed E-state index contributed by atoms with van der Waals surface area (Å²) in [6.07, 6.45) is 0. The summed E-state index contributed by atoms with van der Waals surface area (Å²) in [6.45, 7) is 3.00. The number of nitrogen functional groups attached to an aromatic ring is 1. The number of anilines is 1. The molecule has 2 aromatic carbocycles. The highest BCUT2D eigenvalue weighted by Gasteiger charge is 2.11. The van der Waals surface area contributed by atoms with Gasteiger partial charge in [-0.25, -0.2) is 4.98 Å². The topological polar surface area (TPSA) is 43.8 Å². The van der Waals surface area contributed by atoms with E-state index in [9.17, 15) is 0 Å². The van der Waals surface area contributed by atoms with Gasteiger partial charge in [0, 0.05) is 22.3 Å². The molecular formula is C15H14BrN3. The van der Waals surface area contributed by atoms with E-state index in [1.54, 1.807) is 0 Å². The Morgan fingerprint density at radius 1 is 1.21 bits per heavy atom. The molecule has 1 heterocycles. The zero-order valence-corrected chi connectivity index (χ0v) is 12.2. The highest BCUT2D eigenvalue weighted by atomic mass is 79.9. The van der Waals surface area contributed by atoms with Crippen LogP contribution >= 0.6 is 15.9 Å². The fourth-order valence-corrected chi connectivity index (χ4v) is 2.67. The van der Waals surface area contributed by atoms with Crippen LogP contribution in [-0.4, -0.2) is 9.55 Å². The third kappa shape index (κ3) is 2.12. The van der Waals surface area contributed by atoms with Gasteiger partial charge in [0.25, 0.3) is 0 Å². The molecule has 0 unspecified atom stereocenters. The van der Waals surface area contributed by atoms with Crippen molar-refractivity contribution >= 4 is 32.7 Å². The number of nitrogens with zero attached hydrogens (tertiary/aromatic N) is 2. The van der Waals surface area contributed by atoms with Crippen molar-refractivity contribution in [2.75, 3.05) is 5.73 Å². The monoisotopic (exact) mass is 315 g/mol. The Morgan fingerprint density at radius 2 is 2.05 bits per heavy atom. The van der Waals surface area contributed by atoms with Crippen molar-refractivity contribution < 1.29 is 0 Å². The lowest BCUT2D eigenvalue weighted by molar-refractivity contribution is 0.796. The first kappa shape index (κ1) is 12.2. The van der Waals surface area contributed by atoms with Crippen LogP contribution in [0.1, 0.15) is 6.92 Å². The number of rotatable bonds is 2. The van der Waals surface area contributed by atoms with Gasteiger partial charge in [-0.05, 0) is 37.3 Å². The van der Waals surface area contributed by atoms with Gasteiger partial charge in [0.2, 0.25) is 0 Å². The quantitative estimate of drug-likeness (QED) is 0.724. The predicted octanol–water partition coefficient (Wildman–Crippen LogP) is 4.07. The van der Waals surface area contributed by atoms with E-state index in [1.807, 2.05) is 36.4 Å². The Balaban J connectivity index is 2.28. The molecule has 0 fully saturated rings. The lowest BCUT2D eigenvalue weighted by atomic mass is 10.2. The van der Waals surface area contributed by atoms with Gasteiger partial charge in [-0.15, -0.1) is 0 Å². The number of nitrogens with two attached hydrogens (primary N) is 1. The molecule has 0 bridgehead atoms. The Labute approximate surface area is 120 Å². The van der Waals surface area contributed by atoms with Gasteiger partial charge in [0.15, 0.2) is 0 Å². The third-order valence-corrected chi connectivity index (χ3v) is 3.66. The van der Waals surface area contributed by atoms with Crippen molar-refractivity contribution in [2.45, 2.75) is 13.5 Å². The number of hydrogen-bond acceptors (Lipinski definition) is 2. The number of benzene rings is 2. The van der Waals surface area contributed by atoms with Crippen LogP contribution in [0.3, 0.4) is 0 Å². The molecule has 2 N–H and O–H groups in total. The van der Waals surface area contributed by atoms with Gasteiger partial charge >= 0.3 is 0 Å². The molecule has 19 heavy (non-hydrogen) atoms. The molecule has 0 aliphatic rings. The Kier molecular flexibility index (Phi) is 3.03. The first-order valence-electron chi connectivity index (χ1n) is 6.20. The summed E-state index contributed by atoms with van der Waals surface area (Å²) in [5.41, 5.74) is 9.81. The lowest BCUT2D eigenvalue weighted by Gasteiger charge is -2.06. The van der Waals surface area contributed by atoms with E-state index in [1.165, 1.54) is 0 Å². The summed E-state index contributed by atoms with van der Waals surface area (Å²) in [7, 11) is 0. The number of aryl methyl sites for hydroxylation is 1. The number of hydrogen-bond donors (Lipinski definition) is 1. The maximum absolute atomic E-state index is 5.86. The van der Waals surface area contributed by atoms with Gasteiger partial charge in [0.05, 0.1) is 11.0 Å². The molecule has 1 aromatic heterocycles. The summed E-state index contributed by atoms with van der Waals surface area (Å²) < 4.78 is 3.25. The van der Waals surface area contributed by atoms with E-state index < -0.39 is 0 Å². The first-order chi connectivity index (χ1) is 9.19. The van der Waals surface area contributed by atoms with Gasteiger partial charge in [-0.2, -0.15) is 0 Å². The molecule has 0 aliphatic carbocycles. The van der Waals surface area contributed by atoms with Gasteiger partial charge < -0.3 is 10.3 Å². The normalized spacial score (nSPS) is 11.1. The van der Waals surface area contributed by atoms with Crippen molar-refractivity contribution in [3.05, 3.63) is 46.9 Å². The van der Waals surface area contributed by atoms with E-state index in [2.05, 4.69) is 33.5 Å². The van der Waals surface area contributed by atoms with Crippen LogP contribution < -0.4 is 5.73 Å². The molecule has 0 saturated carbocycles. The van der Waals surface area contributed by atoms with Crippen molar-refractivity contribution in [3.8, 4) is 11.4 Å². The molecule has 0 spiro atoms. The number of halogens is 1. The molecule has 0 saturated heterocycles. The second kappa shape index (κ2) is 4.70. The van der Waals surface area contributed by atoms with E-state index in [0.717, 1.165) is 39.1 Å². The SMILES string of the molecule is CCn1c(-c2cccc(N)c2)nc2cc(Br)ccc21. The van der Waals surface area contributed by atoms with E-state index in [0.29, 0.717) is 0 Å². The van der Waals surface area contributed by atoms with Crippen molar-refractivity contribution in [2.24, 2.45) is 0 Å². The van der Waals surface area contributed by atoms with Crippen LogP contribution in [0.2, 0.25) is 0 Å². The molecule has 3 nitrogen and oxygen atoms in total. The molecule has 3 aromatic rings. The Bertz CT molecular complexity index is 746. The van der Waals surface area contributed by atoms with Gasteiger partial charge in [-0.3, -0.25) is 0 Å². The second-order valence-electron chi connectivity index (χ2n) is 4.44. The minimum Gasteiger partial charge on any atom is -0.399 e. The lowest BCUT2D eigenvalue weighted by Crippen LogP contribution is -1.97. The molecular weight excluding hydrogens is 302 g/mol. The standard InChI is InChI=1S/C15H14BrN3/c1-2-19-14-7-6-11(16)9-13(14)18-15(19)10-4-3-5-12(17)8-10/h3-9H,2,17H2,1H3. The second-order valence-corrected chi connectivity index (χ2v) is 5.35. The minimum atomic E-state index is 0.758. The van der Waals surface area contributed by atoms with Crippen molar-refractivity contribution in [1.82, 2.24) is 9.55 Å². The van der Waals surface area contributed by atoms with Crippen LogP contribution in [-0.2, 0) is 6.54 Å². The molecule has 0 amide bonds. The highest BCUT2D eigenvalue weighted by molar-refractivity contribution is 9.10. The van der Waals surface area contributed by atoms with E-state index in [-0.39, 0.29) is 0 Å². The maximum Gasteiger partial charge on any atom is 0.141 e. The predicted molar refractivity (Wildman–Crippen MR) is 83.0 cm³/mol.